The first-order valence-electron chi connectivity index (χ1n) is 6.56. The molecule has 1 saturated heterocycles. The molecule has 1 aromatic rings. The lowest BCUT2D eigenvalue weighted by atomic mass is 9.86. The van der Waals surface area contributed by atoms with Crippen LogP contribution in [0.5, 0.6) is 0 Å². The second kappa shape index (κ2) is 5.96. The molecule has 1 aromatic carbocycles. The van der Waals surface area contributed by atoms with Crippen LogP contribution in [0.4, 0.5) is 0 Å². The van der Waals surface area contributed by atoms with Crippen molar-refractivity contribution in [1.29, 1.82) is 0 Å². The predicted octanol–water partition coefficient (Wildman–Crippen LogP) is 2.52. The first kappa shape index (κ1) is 13.0. The molecule has 0 bridgehead atoms. The Bertz CT molecular complexity index is 373. The van der Waals surface area contributed by atoms with Gasteiger partial charge in [-0.15, -0.1) is 4.91 Å². The Balaban J connectivity index is 1.75. The van der Waals surface area contributed by atoms with Gasteiger partial charge in [0.1, 0.15) is 0 Å². The largest absolute Gasteiger partial charge is 0.390 e. The molecular weight excluding hydrogens is 228 g/mol. The number of nitroso groups, excluding NO2 is 1. The van der Waals surface area contributed by atoms with Crippen LogP contribution in [0.25, 0.3) is 0 Å². The van der Waals surface area contributed by atoms with Gasteiger partial charge in [0, 0.05) is 13.1 Å². The van der Waals surface area contributed by atoms with Crippen LogP contribution in [-0.2, 0) is 6.42 Å². The van der Waals surface area contributed by atoms with Crippen molar-refractivity contribution in [2.24, 2.45) is 5.29 Å². The average Bonchev–Trinajstić information content (AvgIpc) is 2.41. The molecular formula is C14H20N2O2. The van der Waals surface area contributed by atoms with Crippen molar-refractivity contribution in [2.45, 2.75) is 37.7 Å². The summed E-state index contributed by atoms with van der Waals surface area (Å²) in [6.07, 6.45) is 4.07. The number of rotatable bonds is 5. The van der Waals surface area contributed by atoms with Gasteiger partial charge in [0.25, 0.3) is 0 Å². The summed E-state index contributed by atoms with van der Waals surface area (Å²) in [5, 5.41) is 14.8. The highest BCUT2D eigenvalue weighted by Gasteiger charge is 2.31. The number of hydrogen-bond donors (Lipinski definition) is 1. The summed E-state index contributed by atoms with van der Waals surface area (Å²) in [7, 11) is 0. The second-order valence-electron chi connectivity index (χ2n) is 5.10. The van der Waals surface area contributed by atoms with Crippen LogP contribution in [0.1, 0.15) is 31.2 Å². The lowest BCUT2D eigenvalue weighted by Gasteiger charge is -2.35. The fraction of sp³-hybridized carbons (Fsp3) is 0.571. The molecule has 0 amide bonds. The van der Waals surface area contributed by atoms with E-state index in [0.717, 1.165) is 19.3 Å². The van der Waals surface area contributed by atoms with Crippen molar-refractivity contribution in [3.05, 3.63) is 40.8 Å². The molecule has 0 aromatic heterocycles. The monoisotopic (exact) mass is 248 g/mol. The van der Waals surface area contributed by atoms with Crippen molar-refractivity contribution in [3.63, 3.8) is 0 Å². The molecule has 1 fully saturated rings. The molecule has 2 rings (SSSR count). The highest BCUT2D eigenvalue weighted by molar-refractivity contribution is 5.14. The zero-order valence-electron chi connectivity index (χ0n) is 10.6. The van der Waals surface area contributed by atoms with E-state index in [9.17, 15) is 10.0 Å². The minimum atomic E-state index is -0.601. The maximum Gasteiger partial charge on any atom is 0.0682 e. The van der Waals surface area contributed by atoms with Crippen LogP contribution in [0.2, 0.25) is 0 Å². The van der Waals surface area contributed by atoms with E-state index in [2.05, 4.69) is 17.4 Å². The molecule has 1 N–H and O–H groups in total. The van der Waals surface area contributed by atoms with E-state index in [1.54, 1.807) is 0 Å². The maximum atomic E-state index is 10.4. The molecule has 0 radical (unpaired) electrons. The van der Waals surface area contributed by atoms with E-state index in [0.29, 0.717) is 25.9 Å². The Labute approximate surface area is 108 Å². The van der Waals surface area contributed by atoms with Gasteiger partial charge in [-0.25, -0.2) is 0 Å². The van der Waals surface area contributed by atoms with E-state index in [-0.39, 0.29) is 0 Å². The fourth-order valence-electron chi connectivity index (χ4n) is 2.51. The smallest absolute Gasteiger partial charge is 0.0682 e. The summed E-state index contributed by atoms with van der Waals surface area (Å²) < 4.78 is 0. The molecule has 0 unspecified atom stereocenters. The van der Waals surface area contributed by atoms with Gasteiger partial charge < -0.3 is 5.11 Å². The summed E-state index contributed by atoms with van der Waals surface area (Å²) in [6, 6.07) is 10.3. The molecule has 4 heteroatoms. The Hall–Kier alpha value is -1.42. The number of aryl methyl sites for hydroxylation is 1. The van der Waals surface area contributed by atoms with Crippen LogP contribution in [0, 0.1) is 4.91 Å². The third kappa shape index (κ3) is 3.53. The molecule has 1 aliphatic heterocycles. The zero-order chi connectivity index (χ0) is 12.8. The van der Waals surface area contributed by atoms with Gasteiger partial charge in [0.05, 0.1) is 10.9 Å². The molecule has 4 nitrogen and oxygen atoms in total. The van der Waals surface area contributed by atoms with E-state index in [1.807, 2.05) is 18.2 Å². The molecule has 1 heterocycles. The lowest BCUT2D eigenvalue weighted by molar-refractivity contribution is -0.0287. The highest BCUT2D eigenvalue weighted by atomic mass is 16.3. The summed E-state index contributed by atoms with van der Waals surface area (Å²) >= 11 is 0. The number of hydrogen-bond acceptors (Lipinski definition) is 3. The Morgan fingerprint density at radius 2 is 1.89 bits per heavy atom. The summed E-state index contributed by atoms with van der Waals surface area (Å²) in [4.78, 5) is 10.4. The van der Waals surface area contributed by atoms with Crippen molar-refractivity contribution in [1.82, 2.24) is 5.01 Å². The molecule has 0 spiro atoms. The van der Waals surface area contributed by atoms with Crippen LogP contribution >= 0.6 is 0 Å². The third-order valence-corrected chi connectivity index (χ3v) is 3.74. The second-order valence-corrected chi connectivity index (χ2v) is 5.10. The summed E-state index contributed by atoms with van der Waals surface area (Å²) in [5.41, 5.74) is 0.712. The minimum Gasteiger partial charge on any atom is -0.390 e. The highest BCUT2D eigenvalue weighted by Crippen LogP contribution is 2.27. The van der Waals surface area contributed by atoms with Crippen molar-refractivity contribution in [2.75, 3.05) is 13.1 Å². The first-order chi connectivity index (χ1) is 8.72. The number of nitrogens with zero attached hydrogens (tertiary/aromatic N) is 2. The van der Waals surface area contributed by atoms with E-state index in [4.69, 9.17) is 0 Å². The normalized spacial score (nSPS) is 18.6. The average molecular weight is 248 g/mol. The molecule has 0 atom stereocenters. The van der Waals surface area contributed by atoms with E-state index >= 15 is 0 Å². The third-order valence-electron chi connectivity index (χ3n) is 3.74. The van der Waals surface area contributed by atoms with Crippen LogP contribution in [0.3, 0.4) is 0 Å². The fourth-order valence-corrected chi connectivity index (χ4v) is 2.51. The predicted molar refractivity (Wildman–Crippen MR) is 70.9 cm³/mol. The van der Waals surface area contributed by atoms with Gasteiger partial charge >= 0.3 is 0 Å². The van der Waals surface area contributed by atoms with Crippen molar-refractivity contribution < 1.29 is 5.11 Å². The standard InChI is InChI=1S/C14H20N2O2/c17-14(9-11-16(15-18)12-10-14)8-4-7-13-5-2-1-3-6-13/h1-3,5-6,17H,4,7-12H2. The topological polar surface area (TPSA) is 52.9 Å². The van der Waals surface area contributed by atoms with Gasteiger partial charge in [-0.3, -0.25) is 5.01 Å². The Morgan fingerprint density at radius 1 is 1.22 bits per heavy atom. The van der Waals surface area contributed by atoms with E-state index < -0.39 is 5.60 Å². The van der Waals surface area contributed by atoms with E-state index in [1.165, 1.54) is 10.6 Å². The van der Waals surface area contributed by atoms with Crippen molar-refractivity contribution >= 4 is 0 Å². The van der Waals surface area contributed by atoms with Gasteiger partial charge in [0.2, 0.25) is 0 Å². The molecule has 0 saturated carbocycles. The van der Waals surface area contributed by atoms with Gasteiger partial charge in [-0.05, 0) is 37.7 Å². The number of benzene rings is 1. The Kier molecular flexibility index (Phi) is 4.31. The maximum absolute atomic E-state index is 10.4. The van der Waals surface area contributed by atoms with Crippen LogP contribution in [0.15, 0.2) is 35.6 Å². The summed E-state index contributed by atoms with van der Waals surface area (Å²) in [5.74, 6) is 0. The lowest BCUT2D eigenvalue weighted by Crippen LogP contribution is -2.42. The van der Waals surface area contributed by atoms with Crippen molar-refractivity contribution in [3.8, 4) is 0 Å². The first-order valence-corrected chi connectivity index (χ1v) is 6.56. The molecule has 18 heavy (non-hydrogen) atoms. The Morgan fingerprint density at radius 3 is 2.50 bits per heavy atom. The molecule has 1 aliphatic rings. The molecule has 98 valence electrons. The minimum absolute atomic E-state index is 0.575. The van der Waals surface area contributed by atoms with Crippen LogP contribution < -0.4 is 0 Å². The van der Waals surface area contributed by atoms with Gasteiger partial charge in [-0.1, -0.05) is 30.3 Å². The zero-order valence-corrected chi connectivity index (χ0v) is 10.6. The number of aliphatic hydroxyl groups is 1. The SMILES string of the molecule is O=NN1CCC(O)(CCCc2ccccc2)CC1. The summed E-state index contributed by atoms with van der Waals surface area (Å²) in [6.45, 7) is 1.15. The molecule has 0 aliphatic carbocycles. The van der Waals surface area contributed by atoms with Crippen LogP contribution in [-0.4, -0.2) is 28.8 Å². The van der Waals surface area contributed by atoms with Gasteiger partial charge in [0.15, 0.2) is 0 Å². The number of piperidine rings is 1. The van der Waals surface area contributed by atoms with Gasteiger partial charge in [-0.2, -0.15) is 0 Å². The quantitative estimate of drug-likeness (QED) is 0.815.